The van der Waals surface area contributed by atoms with Gasteiger partial charge < -0.3 is 9.84 Å². The Morgan fingerprint density at radius 3 is 2.17 bits per heavy atom. The first-order valence-electron chi connectivity index (χ1n) is 9.86. The summed E-state index contributed by atoms with van der Waals surface area (Å²) in [7, 11) is 0. The van der Waals surface area contributed by atoms with Crippen LogP contribution in [-0.4, -0.2) is 22.7 Å². The molecule has 5 nitrogen and oxygen atoms in total. The third-order valence-electron chi connectivity index (χ3n) is 7.58. The van der Waals surface area contributed by atoms with Gasteiger partial charge in [0, 0.05) is 31.1 Å². The Hall–Kier alpha value is -0.650. The number of rotatable bonds is 3. The summed E-state index contributed by atoms with van der Waals surface area (Å²) < 4.78 is 6.67. The molecule has 0 amide bonds. The fourth-order valence-corrected chi connectivity index (χ4v) is 6.53. The quantitative estimate of drug-likeness (QED) is 0.793. The SMILES string of the molecule is O=C(O)CCC1CCC2(CC1)OOC1(O2)C2CC3CC(C2)CC1C3. The van der Waals surface area contributed by atoms with Crippen LogP contribution < -0.4 is 0 Å². The molecule has 1 heterocycles. The Morgan fingerprint density at radius 1 is 0.958 bits per heavy atom. The predicted octanol–water partition coefficient (Wildman–Crippen LogP) is 3.87. The Balaban J connectivity index is 1.26. The summed E-state index contributed by atoms with van der Waals surface area (Å²) in [6.45, 7) is 0. The molecule has 6 fully saturated rings. The second-order valence-electron chi connectivity index (χ2n) is 9.08. The molecule has 24 heavy (non-hydrogen) atoms. The molecule has 5 aliphatic carbocycles. The van der Waals surface area contributed by atoms with Gasteiger partial charge in [0.15, 0.2) is 0 Å². The fourth-order valence-electron chi connectivity index (χ4n) is 6.53. The van der Waals surface area contributed by atoms with Gasteiger partial charge in [-0.1, -0.05) is 0 Å². The van der Waals surface area contributed by atoms with E-state index in [9.17, 15) is 4.79 Å². The standard InChI is InChI=1S/C19H28O5/c20-17(21)2-1-12-3-5-18(6-4-12)22-19(24-23-18)15-8-13-7-14(10-15)11-16(19)9-13/h12-16H,1-11H2,(H,20,21). The van der Waals surface area contributed by atoms with Gasteiger partial charge in [0.05, 0.1) is 0 Å². The van der Waals surface area contributed by atoms with Crippen LogP contribution in [0.5, 0.6) is 0 Å². The zero-order valence-electron chi connectivity index (χ0n) is 14.2. The van der Waals surface area contributed by atoms with Crippen molar-refractivity contribution in [1.82, 2.24) is 0 Å². The highest BCUT2D eigenvalue weighted by Crippen LogP contribution is 2.63. The highest BCUT2D eigenvalue weighted by molar-refractivity contribution is 5.66. The molecule has 0 atom stereocenters. The highest BCUT2D eigenvalue weighted by Gasteiger charge is 2.66. The summed E-state index contributed by atoms with van der Waals surface area (Å²) in [5.41, 5.74) is 0. The van der Waals surface area contributed by atoms with Crippen molar-refractivity contribution in [3.63, 3.8) is 0 Å². The van der Waals surface area contributed by atoms with Crippen LogP contribution in [0.3, 0.4) is 0 Å². The van der Waals surface area contributed by atoms with Gasteiger partial charge in [-0.15, -0.1) is 0 Å². The van der Waals surface area contributed by atoms with Gasteiger partial charge in [-0.05, 0) is 69.1 Å². The molecule has 0 aromatic carbocycles. The molecule has 0 radical (unpaired) electrons. The van der Waals surface area contributed by atoms with Crippen LogP contribution in [0, 0.1) is 29.6 Å². The van der Waals surface area contributed by atoms with E-state index in [-0.39, 0.29) is 6.42 Å². The van der Waals surface area contributed by atoms with Gasteiger partial charge in [0.2, 0.25) is 11.6 Å². The van der Waals surface area contributed by atoms with Crippen LogP contribution in [0.15, 0.2) is 0 Å². The summed E-state index contributed by atoms with van der Waals surface area (Å²) in [5.74, 6) is 1.54. The van der Waals surface area contributed by atoms with Gasteiger partial charge in [0.1, 0.15) is 0 Å². The monoisotopic (exact) mass is 336 g/mol. The number of hydrogen-bond donors (Lipinski definition) is 1. The minimum atomic E-state index is -0.695. The van der Waals surface area contributed by atoms with E-state index in [2.05, 4.69) is 0 Å². The van der Waals surface area contributed by atoms with Crippen LogP contribution in [0.25, 0.3) is 0 Å². The van der Waals surface area contributed by atoms with Gasteiger partial charge in [-0.3, -0.25) is 4.79 Å². The number of carbonyl (C=O) groups is 1. The normalized spacial score (nSPS) is 52.4. The van der Waals surface area contributed by atoms with Crippen molar-refractivity contribution in [2.24, 2.45) is 29.6 Å². The molecule has 1 saturated heterocycles. The third kappa shape index (κ3) is 2.35. The van der Waals surface area contributed by atoms with Crippen LogP contribution in [0.1, 0.15) is 70.6 Å². The first kappa shape index (κ1) is 15.6. The molecule has 6 rings (SSSR count). The van der Waals surface area contributed by atoms with Crippen molar-refractivity contribution in [2.45, 2.75) is 82.2 Å². The smallest absolute Gasteiger partial charge is 0.303 e. The number of hydrogen-bond acceptors (Lipinski definition) is 4. The van der Waals surface area contributed by atoms with E-state index in [1.54, 1.807) is 0 Å². The zero-order chi connectivity index (χ0) is 16.4. The summed E-state index contributed by atoms with van der Waals surface area (Å²) in [6.07, 6.45) is 11.1. The highest BCUT2D eigenvalue weighted by atomic mass is 17.3. The maximum Gasteiger partial charge on any atom is 0.303 e. The van der Waals surface area contributed by atoms with Gasteiger partial charge in [-0.25, -0.2) is 0 Å². The predicted molar refractivity (Wildman–Crippen MR) is 84.6 cm³/mol. The average molecular weight is 336 g/mol. The number of aliphatic carboxylic acids is 1. The second-order valence-corrected chi connectivity index (χ2v) is 9.08. The summed E-state index contributed by atoms with van der Waals surface area (Å²) in [4.78, 5) is 22.7. The van der Waals surface area contributed by atoms with Gasteiger partial charge in [0.25, 0.3) is 0 Å². The van der Waals surface area contributed by atoms with E-state index >= 15 is 0 Å². The molecule has 5 saturated carbocycles. The largest absolute Gasteiger partial charge is 0.481 e. The molecule has 1 N–H and O–H groups in total. The topological polar surface area (TPSA) is 65.0 Å². The van der Waals surface area contributed by atoms with Crippen molar-refractivity contribution in [3.8, 4) is 0 Å². The minimum absolute atomic E-state index is 0.271. The Kier molecular flexibility index (Phi) is 3.52. The maximum atomic E-state index is 10.8. The third-order valence-corrected chi connectivity index (χ3v) is 7.58. The molecule has 4 bridgehead atoms. The molecule has 0 aromatic rings. The van der Waals surface area contributed by atoms with E-state index in [0.29, 0.717) is 17.8 Å². The van der Waals surface area contributed by atoms with E-state index in [0.717, 1.165) is 43.9 Å². The lowest BCUT2D eigenvalue weighted by molar-refractivity contribution is -0.390. The van der Waals surface area contributed by atoms with Crippen molar-refractivity contribution >= 4 is 5.97 Å². The molecule has 1 aliphatic heterocycles. The summed E-state index contributed by atoms with van der Waals surface area (Å²) in [6, 6.07) is 0. The summed E-state index contributed by atoms with van der Waals surface area (Å²) >= 11 is 0. The molecule has 6 aliphatic rings. The number of carboxylic acid groups (broad SMARTS) is 1. The van der Waals surface area contributed by atoms with Crippen molar-refractivity contribution in [3.05, 3.63) is 0 Å². The van der Waals surface area contributed by atoms with Gasteiger partial charge in [-0.2, -0.15) is 9.78 Å². The first-order chi connectivity index (χ1) is 11.6. The number of carboxylic acids is 1. The van der Waals surface area contributed by atoms with Crippen molar-refractivity contribution < 1.29 is 24.4 Å². The lowest BCUT2D eigenvalue weighted by Crippen LogP contribution is -2.59. The Bertz CT molecular complexity index is 494. The second kappa shape index (κ2) is 5.42. The van der Waals surface area contributed by atoms with E-state index in [1.165, 1.54) is 32.1 Å². The van der Waals surface area contributed by atoms with E-state index < -0.39 is 17.5 Å². The zero-order valence-corrected chi connectivity index (χ0v) is 14.2. The number of ether oxygens (including phenoxy) is 1. The molecule has 134 valence electrons. The van der Waals surface area contributed by atoms with Gasteiger partial charge >= 0.3 is 5.97 Å². The Morgan fingerprint density at radius 2 is 1.58 bits per heavy atom. The maximum absolute atomic E-state index is 10.8. The van der Waals surface area contributed by atoms with E-state index in [4.69, 9.17) is 19.6 Å². The fraction of sp³-hybridized carbons (Fsp3) is 0.947. The van der Waals surface area contributed by atoms with E-state index in [1.807, 2.05) is 0 Å². The molecular weight excluding hydrogens is 308 g/mol. The molecule has 0 aromatic heterocycles. The van der Waals surface area contributed by atoms with Crippen LogP contribution in [0.4, 0.5) is 0 Å². The van der Waals surface area contributed by atoms with Crippen molar-refractivity contribution in [1.29, 1.82) is 0 Å². The lowest BCUT2D eigenvalue weighted by atomic mass is 9.53. The lowest BCUT2D eigenvalue weighted by Gasteiger charge is -2.57. The van der Waals surface area contributed by atoms with Crippen LogP contribution in [-0.2, 0) is 19.3 Å². The first-order valence-corrected chi connectivity index (χ1v) is 9.86. The van der Waals surface area contributed by atoms with Crippen LogP contribution >= 0.6 is 0 Å². The molecule has 5 heteroatoms. The molecule has 2 spiro atoms. The van der Waals surface area contributed by atoms with Crippen LogP contribution in [0.2, 0.25) is 0 Å². The summed E-state index contributed by atoms with van der Waals surface area (Å²) in [5, 5.41) is 8.86. The molecular formula is C19H28O5. The average Bonchev–Trinajstić information content (AvgIpc) is 2.92. The minimum Gasteiger partial charge on any atom is -0.481 e. The van der Waals surface area contributed by atoms with Crippen molar-refractivity contribution in [2.75, 3.05) is 0 Å². The Labute approximate surface area is 143 Å². The molecule has 0 unspecified atom stereocenters.